The van der Waals surface area contributed by atoms with E-state index in [0.29, 0.717) is 24.1 Å². The fourth-order valence-electron chi connectivity index (χ4n) is 1.47. The summed E-state index contributed by atoms with van der Waals surface area (Å²) in [6, 6.07) is 2.93. The van der Waals surface area contributed by atoms with Gasteiger partial charge in [0.1, 0.15) is 6.29 Å². The molecule has 1 amide bonds. The number of amides is 1. The number of hydrogen-bond donors (Lipinski definition) is 1. The lowest BCUT2D eigenvalue weighted by molar-refractivity contribution is -0.127. The molecule has 20 heavy (non-hydrogen) atoms. The Labute approximate surface area is 122 Å². The van der Waals surface area contributed by atoms with Crippen LogP contribution in [-0.4, -0.2) is 32.0 Å². The summed E-state index contributed by atoms with van der Waals surface area (Å²) in [4.78, 5) is 22.5. The molecule has 1 aromatic rings. The van der Waals surface area contributed by atoms with Crippen molar-refractivity contribution in [2.75, 3.05) is 13.7 Å². The Kier molecular flexibility index (Phi) is 6.06. The Morgan fingerprint density at radius 3 is 2.80 bits per heavy atom. The van der Waals surface area contributed by atoms with Gasteiger partial charge in [-0.25, -0.2) is 0 Å². The average molecular weight is 298 g/mol. The predicted molar refractivity (Wildman–Crippen MR) is 76.7 cm³/mol. The highest BCUT2D eigenvalue weighted by Gasteiger charge is 2.19. The van der Waals surface area contributed by atoms with Gasteiger partial charge in [-0.3, -0.25) is 9.59 Å². The minimum atomic E-state index is -0.761. The molecule has 0 bridgehead atoms. The second-order valence-electron chi connectivity index (χ2n) is 3.95. The molecule has 1 aromatic carbocycles. The SMILES string of the molecule is C=CCNC(=O)C(C)Oc1c(Cl)cc(C=O)cc1OC. The quantitative estimate of drug-likeness (QED) is 0.619. The highest BCUT2D eigenvalue weighted by Crippen LogP contribution is 2.36. The Hall–Kier alpha value is -2.01. The van der Waals surface area contributed by atoms with Gasteiger partial charge in [-0.15, -0.1) is 6.58 Å². The van der Waals surface area contributed by atoms with E-state index in [9.17, 15) is 9.59 Å². The van der Waals surface area contributed by atoms with Gasteiger partial charge in [-0.1, -0.05) is 17.7 Å². The average Bonchev–Trinajstić information content (AvgIpc) is 2.46. The van der Waals surface area contributed by atoms with Gasteiger partial charge in [0.15, 0.2) is 17.6 Å². The molecule has 0 spiro atoms. The number of carbonyl (C=O) groups excluding carboxylic acids is 2. The van der Waals surface area contributed by atoms with Gasteiger partial charge < -0.3 is 14.8 Å². The predicted octanol–water partition coefficient (Wildman–Crippen LogP) is 2.23. The van der Waals surface area contributed by atoms with E-state index < -0.39 is 6.10 Å². The zero-order valence-electron chi connectivity index (χ0n) is 11.3. The number of nitrogens with one attached hydrogen (secondary N) is 1. The molecule has 0 aliphatic rings. The summed E-state index contributed by atoms with van der Waals surface area (Å²) >= 11 is 6.03. The molecule has 1 atom stereocenters. The molecule has 1 unspecified atom stereocenters. The molecule has 1 rings (SSSR count). The minimum Gasteiger partial charge on any atom is -0.493 e. The van der Waals surface area contributed by atoms with Crippen LogP contribution in [-0.2, 0) is 4.79 Å². The summed E-state index contributed by atoms with van der Waals surface area (Å²) in [6.45, 7) is 5.44. The van der Waals surface area contributed by atoms with Crippen LogP contribution < -0.4 is 14.8 Å². The number of hydrogen-bond acceptors (Lipinski definition) is 4. The molecule has 0 saturated carbocycles. The summed E-state index contributed by atoms with van der Waals surface area (Å²) in [7, 11) is 1.43. The number of methoxy groups -OCH3 is 1. The fraction of sp³-hybridized carbons (Fsp3) is 0.286. The summed E-state index contributed by atoms with van der Waals surface area (Å²) < 4.78 is 10.6. The number of benzene rings is 1. The van der Waals surface area contributed by atoms with Gasteiger partial charge >= 0.3 is 0 Å². The molecule has 0 radical (unpaired) electrons. The molecule has 0 aliphatic carbocycles. The van der Waals surface area contributed by atoms with Gasteiger partial charge in [-0.2, -0.15) is 0 Å². The van der Waals surface area contributed by atoms with Crippen LogP contribution in [0.25, 0.3) is 0 Å². The Bertz CT molecular complexity index is 516. The summed E-state index contributed by atoms with van der Waals surface area (Å²) in [6.07, 6.45) is 1.46. The van der Waals surface area contributed by atoms with E-state index in [1.807, 2.05) is 0 Å². The van der Waals surface area contributed by atoms with Gasteiger partial charge in [0.25, 0.3) is 5.91 Å². The Balaban J connectivity index is 2.93. The van der Waals surface area contributed by atoms with Crippen LogP contribution in [0.2, 0.25) is 5.02 Å². The van der Waals surface area contributed by atoms with Gasteiger partial charge in [0.2, 0.25) is 0 Å². The van der Waals surface area contributed by atoms with Crippen LogP contribution in [0.1, 0.15) is 17.3 Å². The van der Waals surface area contributed by atoms with E-state index >= 15 is 0 Å². The minimum absolute atomic E-state index is 0.204. The van der Waals surface area contributed by atoms with E-state index in [0.717, 1.165) is 0 Å². The first kappa shape index (κ1) is 16.0. The van der Waals surface area contributed by atoms with Gasteiger partial charge in [-0.05, 0) is 19.1 Å². The third-order valence-corrected chi connectivity index (χ3v) is 2.75. The third-order valence-electron chi connectivity index (χ3n) is 2.47. The Morgan fingerprint density at radius 1 is 1.55 bits per heavy atom. The number of halogens is 1. The van der Waals surface area contributed by atoms with E-state index in [4.69, 9.17) is 21.1 Å². The smallest absolute Gasteiger partial charge is 0.261 e. The van der Waals surface area contributed by atoms with Crippen LogP contribution in [0.3, 0.4) is 0 Å². The van der Waals surface area contributed by atoms with Crippen LogP contribution >= 0.6 is 11.6 Å². The summed E-state index contributed by atoms with van der Waals surface area (Å²) in [5.74, 6) is 0.214. The molecule has 108 valence electrons. The van der Waals surface area contributed by atoms with Crippen LogP contribution in [0.5, 0.6) is 11.5 Å². The largest absolute Gasteiger partial charge is 0.493 e. The van der Waals surface area contributed by atoms with Crippen molar-refractivity contribution < 1.29 is 19.1 Å². The molecular weight excluding hydrogens is 282 g/mol. The Morgan fingerprint density at radius 2 is 2.25 bits per heavy atom. The standard InChI is InChI=1S/C14H16ClNO4/c1-4-5-16-14(18)9(2)20-13-11(15)6-10(8-17)7-12(13)19-3/h4,6-9H,1,5H2,2-3H3,(H,16,18). The number of aldehydes is 1. The van der Waals surface area contributed by atoms with Crippen molar-refractivity contribution in [3.8, 4) is 11.5 Å². The maximum absolute atomic E-state index is 11.7. The molecule has 1 N–H and O–H groups in total. The molecule has 0 aromatic heterocycles. The normalized spacial score (nSPS) is 11.3. The van der Waals surface area contributed by atoms with Crippen molar-refractivity contribution in [1.82, 2.24) is 5.32 Å². The van der Waals surface area contributed by atoms with Crippen molar-refractivity contribution in [2.24, 2.45) is 0 Å². The van der Waals surface area contributed by atoms with E-state index in [2.05, 4.69) is 11.9 Å². The van der Waals surface area contributed by atoms with Crippen molar-refractivity contribution in [3.63, 3.8) is 0 Å². The first-order chi connectivity index (χ1) is 9.53. The summed E-state index contributed by atoms with van der Waals surface area (Å²) in [5.41, 5.74) is 0.364. The molecule has 0 fully saturated rings. The van der Waals surface area contributed by atoms with Gasteiger partial charge in [0, 0.05) is 12.1 Å². The summed E-state index contributed by atoms with van der Waals surface area (Å²) in [5, 5.41) is 2.81. The zero-order chi connectivity index (χ0) is 15.1. The highest BCUT2D eigenvalue weighted by atomic mass is 35.5. The first-order valence-electron chi connectivity index (χ1n) is 5.91. The zero-order valence-corrected chi connectivity index (χ0v) is 12.1. The van der Waals surface area contributed by atoms with Crippen molar-refractivity contribution in [2.45, 2.75) is 13.0 Å². The molecular formula is C14H16ClNO4. The van der Waals surface area contributed by atoms with Crippen molar-refractivity contribution >= 4 is 23.8 Å². The van der Waals surface area contributed by atoms with E-state index in [-0.39, 0.29) is 16.7 Å². The maximum atomic E-state index is 11.7. The molecule has 6 heteroatoms. The maximum Gasteiger partial charge on any atom is 0.261 e. The third kappa shape index (κ3) is 3.99. The number of rotatable bonds is 7. The van der Waals surface area contributed by atoms with Crippen LogP contribution in [0.15, 0.2) is 24.8 Å². The molecule has 0 aliphatic heterocycles. The van der Waals surface area contributed by atoms with E-state index in [1.165, 1.54) is 19.2 Å². The number of ether oxygens (including phenoxy) is 2. The molecule has 0 heterocycles. The monoisotopic (exact) mass is 297 g/mol. The first-order valence-corrected chi connectivity index (χ1v) is 6.29. The van der Waals surface area contributed by atoms with Crippen molar-refractivity contribution in [3.05, 3.63) is 35.4 Å². The van der Waals surface area contributed by atoms with Crippen LogP contribution in [0.4, 0.5) is 0 Å². The molecule has 5 nitrogen and oxygen atoms in total. The van der Waals surface area contributed by atoms with E-state index in [1.54, 1.807) is 13.0 Å². The van der Waals surface area contributed by atoms with Crippen molar-refractivity contribution in [1.29, 1.82) is 0 Å². The topological polar surface area (TPSA) is 64.6 Å². The second-order valence-corrected chi connectivity index (χ2v) is 4.35. The highest BCUT2D eigenvalue weighted by molar-refractivity contribution is 6.32. The lowest BCUT2D eigenvalue weighted by Crippen LogP contribution is -2.36. The lowest BCUT2D eigenvalue weighted by atomic mass is 10.2. The molecule has 0 saturated heterocycles. The van der Waals surface area contributed by atoms with Gasteiger partial charge in [0.05, 0.1) is 12.1 Å². The fourth-order valence-corrected chi connectivity index (χ4v) is 1.73. The second kappa shape index (κ2) is 7.55. The lowest BCUT2D eigenvalue weighted by Gasteiger charge is -2.17. The van der Waals surface area contributed by atoms with Crippen LogP contribution in [0, 0.1) is 0 Å². The number of carbonyl (C=O) groups is 2.